The molecule has 1 aliphatic rings. The maximum atomic E-state index is 7.72. The van der Waals surface area contributed by atoms with Gasteiger partial charge in [-0.3, -0.25) is 5.41 Å². The van der Waals surface area contributed by atoms with Crippen LogP contribution in [0.3, 0.4) is 0 Å². The summed E-state index contributed by atoms with van der Waals surface area (Å²) in [5.74, 6) is 1.91. The van der Waals surface area contributed by atoms with Crippen LogP contribution in [0.4, 0.5) is 0 Å². The van der Waals surface area contributed by atoms with Crippen molar-refractivity contribution in [1.82, 2.24) is 4.90 Å². The number of hydrogen-bond donors (Lipinski definition) is 1. The number of rotatable bonds is 5. The van der Waals surface area contributed by atoms with E-state index in [1.807, 2.05) is 18.2 Å². The molecule has 1 aromatic rings. The van der Waals surface area contributed by atoms with Crippen molar-refractivity contribution in [3.8, 4) is 0 Å². The van der Waals surface area contributed by atoms with Crippen molar-refractivity contribution in [1.29, 1.82) is 5.41 Å². The fourth-order valence-corrected chi connectivity index (χ4v) is 3.65. The number of hydrogen-bond acceptors (Lipinski definition) is 3. The molecule has 1 aromatic carbocycles. The third-order valence-corrected chi connectivity index (χ3v) is 5.05. The molecule has 0 bridgehead atoms. The molecule has 0 aliphatic carbocycles. The van der Waals surface area contributed by atoms with E-state index in [0.717, 1.165) is 24.6 Å². The quantitative estimate of drug-likeness (QED) is 0.660. The third kappa shape index (κ3) is 4.92. The van der Waals surface area contributed by atoms with Crippen LogP contribution in [0, 0.1) is 5.41 Å². The summed E-state index contributed by atoms with van der Waals surface area (Å²) in [6, 6.07) is 10.3. The molecule has 1 saturated heterocycles. The van der Waals surface area contributed by atoms with Crippen LogP contribution in [-0.4, -0.2) is 40.0 Å². The average molecular weight is 323 g/mol. The Labute approximate surface area is 128 Å². The highest BCUT2D eigenvalue weighted by Crippen LogP contribution is 2.22. The minimum absolute atomic E-state index is 0. The van der Waals surface area contributed by atoms with Crippen LogP contribution in [0.2, 0.25) is 0 Å². The molecule has 1 N–H and O–H groups in total. The molecule has 0 aromatic heterocycles. The SMILES string of the molecule is Cl.N=C1SCCN1CC(Cl)CSc1ccccc1. The maximum absolute atomic E-state index is 7.72. The van der Waals surface area contributed by atoms with Crippen molar-refractivity contribution >= 4 is 52.7 Å². The molecular weight excluding hydrogens is 307 g/mol. The van der Waals surface area contributed by atoms with E-state index in [9.17, 15) is 0 Å². The Bertz CT molecular complexity index is 376. The molecule has 0 radical (unpaired) electrons. The van der Waals surface area contributed by atoms with Crippen molar-refractivity contribution in [2.24, 2.45) is 0 Å². The van der Waals surface area contributed by atoms with Crippen LogP contribution in [0.15, 0.2) is 35.2 Å². The van der Waals surface area contributed by atoms with Gasteiger partial charge in [0, 0.05) is 29.5 Å². The Kier molecular flexibility index (Phi) is 7.30. The maximum Gasteiger partial charge on any atom is 0.156 e. The van der Waals surface area contributed by atoms with E-state index in [4.69, 9.17) is 17.0 Å². The molecule has 1 aliphatic heterocycles. The summed E-state index contributed by atoms with van der Waals surface area (Å²) >= 11 is 9.69. The molecule has 18 heavy (non-hydrogen) atoms. The van der Waals surface area contributed by atoms with Crippen molar-refractivity contribution in [3.63, 3.8) is 0 Å². The number of alkyl halides is 1. The average Bonchev–Trinajstić information content (AvgIpc) is 2.74. The smallest absolute Gasteiger partial charge is 0.156 e. The second kappa shape index (κ2) is 8.20. The first-order valence-corrected chi connectivity index (χ1v) is 7.94. The molecule has 6 heteroatoms. The van der Waals surface area contributed by atoms with Gasteiger partial charge in [0.05, 0.1) is 5.38 Å². The largest absolute Gasteiger partial charge is 0.349 e. The standard InChI is InChI=1S/C12H15ClN2S2.ClH/c13-10(8-15-6-7-16-12(15)14)9-17-11-4-2-1-3-5-11;/h1-5,10,14H,6-9H2;1H. The Balaban J connectivity index is 0.00000162. The van der Waals surface area contributed by atoms with Gasteiger partial charge in [-0.15, -0.1) is 35.8 Å². The van der Waals surface area contributed by atoms with Gasteiger partial charge in [-0.2, -0.15) is 0 Å². The lowest BCUT2D eigenvalue weighted by Crippen LogP contribution is -2.31. The van der Waals surface area contributed by atoms with Gasteiger partial charge >= 0.3 is 0 Å². The van der Waals surface area contributed by atoms with Crippen LogP contribution in [0.25, 0.3) is 0 Å². The summed E-state index contributed by atoms with van der Waals surface area (Å²) in [6.45, 7) is 1.75. The van der Waals surface area contributed by atoms with E-state index in [-0.39, 0.29) is 17.8 Å². The molecule has 100 valence electrons. The number of amidine groups is 1. The zero-order valence-corrected chi connectivity index (χ0v) is 13.0. The van der Waals surface area contributed by atoms with Crippen molar-refractivity contribution in [2.45, 2.75) is 10.3 Å². The summed E-state index contributed by atoms with van der Waals surface area (Å²) in [5.41, 5.74) is 0. The Morgan fingerprint density at radius 3 is 2.72 bits per heavy atom. The van der Waals surface area contributed by atoms with Crippen LogP contribution >= 0.6 is 47.5 Å². The number of thioether (sulfide) groups is 2. The van der Waals surface area contributed by atoms with E-state index in [1.165, 1.54) is 4.90 Å². The van der Waals surface area contributed by atoms with Crippen LogP contribution in [0.1, 0.15) is 0 Å². The third-order valence-electron chi connectivity index (χ3n) is 2.48. The van der Waals surface area contributed by atoms with Crippen LogP contribution in [0.5, 0.6) is 0 Å². The number of nitrogens with one attached hydrogen (secondary N) is 1. The summed E-state index contributed by atoms with van der Waals surface area (Å²) in [7, 11) is 0. The fraction of sp³-hybridized carbons (Fsp3) is 0.417. The van der Waals surface area contributed by atoms with Crippen molar-refractivity contribution in [2.75, 3.05) is 24.6 Å². The number of benzene rings is 1. The van der Waals surface area contributed by atoms with Crippen LogP contribution < -0.4 is 0 Å². The lowest BCUT2D eigenvalue weighted by molar-refractivity contribution is 0.463. The minimum Gasteiger partial charge on any atom is -0.349 e. The highest BCUT2D eigenvalue weighted by Gasteiger charge is 2.20. The highest BCUT2D eigenvalue weighted by atomic mass is 35.5. The van der Waals surface area contributed by atoms with Crippen LogP contribution in [-0.2, 0) is 0 Å². The van der Waals surface area contributed by atoms with Gasteiger partial charge in [0.25, 0.3) is 0 Å². The summed E-state index contributed by atoms with van der Waals surface area (Å²) in [4.78, 5) is 3.32. The lowest BCUT2D eigenvalue weighted by atomic mass is 10.4. The first kappa shape index (κ1) is 16.0. The summed E-state index contributed by atoms with van der Waals surface area (Å²) in [5, 5.41) is 8.48. The van der Waals surface area contributed by atoms with E-state index >= 15 is 0 Å². The molecule has 0 amide bonds. The number of nitrogens with zero attached hydrogens (tertiary/aromatic N) is 1. The molecule has 1 fully saturated rings. The van der Waals surface area contributed by atoms with Gasteiger partial charge in [0.15, 0.2) is 5.17 Å². The molecule has 1 atom stereocenters. The minimum atomic E-state index is 0. The van der Waals surface area contributed by atoms with Gasteiger partial charge in [0.1, 0.15) is 0 Å². The predicted octanol–water partition coefficient (Wildman–Crippen LogP) is 3.79. The Morgan fingerprint density at radius 2 is 2.11 bits per heavy atom. The lowest BCUT2D eigenvalue weighted by Gasteiger charge is -2.19. The Morgan fingerprint density at radius 1 is 1.39 bits per heavy atom. The first-order valence-electron chi connectivity index (χ1n) is 5.54. The predicted molar refractivity (Wildman–Crippen MR) is 85.8 cm³/mol. The molecule has 1 heterocycles. The van der Waals surface area contributed by atoms with Gasteiger partial charge in [-0.1, -0.05) is 30.0 Å². The normalized spacial score (nSPS) is 16.5. The molecule has 2 nitrogen and oxygen atoms in total. The highest BCUT2D eigenvalue weighted by molar-refractivity contribution is 8.14. The number of halogens is 2. The van der Waals surface area contributed by atoms with Crippen molar-refractivity contribution < 1.29 is 0 Å². The second-order valence-corrected chi connectivity index (χ2v) is 6.62. The molecule has 0 saturated carbocycles. The van der Waals surface area contributed by atoms with Gasteiger partial charge in [-0.25, -0.2) is 0 Å². The second-order valence-electron chi connectivity index (χ2n) is 3.82. The molecular formula is C12H16Cl2N2S2. The molecule has 2 rings (SSSR count). The van der Waals surface area contributed by atoms with Crippen molar-refractivity contribution in [3.05, 3.63) is 30.3 Å². The molecule has 1 unspecified atom stereocenters. The first-order chi connectivity index (χ1) is 8.25. The zero-order chi connectivity index (χ0) is 12.1. The zero-order valence-electron chi connectivity index (χ0n) is 9.84. The van der Waals surface area contributed by atoms with Gasteiger partial charge in [0.2, 0.25) is 0 Å². The molecule has 0 spiro atoms. The summed E-state index contributed by atoms with van der Waals surface area (Å²) in [6.07, 6.45) is 0. The Hall–Kier alpha value is -0.0300. The van der Waals surface area contributed by atoms with Gasteiger partial charge < -0.3 is 4.90 Å². The van der Waals surface area contributed by atoms with E-state index in [2.05, 4.69) is 17.0 Å². The van der Waals surface area contributed by atoms with E-state index in [0.29, 0.717) is 5.17 Å². The monoisotopic (exact) mass is 322 g/mol. The summed E-state index contributed by atoms with van der Waals surface area (Å²) < 4.78 is 0. The topological polar surface area (TPSA) is 27.1 Å². The van der Waals surface area contributed by atoms with Gasteiger partial charge in [-0.05, 0) is 12.1 Å². The fourth-order valence-electron chi connectivity index (χ4n) is 1.61. The van der Waals surface area contributed by atoms with E-state index in [1.54, 1.807) is 23.5 Å². The van der Waals surface area contributed by atoms with E-state index < -0.39 is 0 Å².